The third-order valence-corrected chi connectivity index (χ3v) is 5.67. The molecule has 1 aliphatic carbocycles. The third-order valence-electron chi connectivity index (χ3n) is 2.73. The van der Waals surface area contributed by atoms with Crippen LogP contribution < -0.4 is 4.72 Å². The van der Waals surface area contributed by atoms with Gasteiger partial charge in [-0.3, -0.25) is 0 Å². The number of nitrogens with one attached hydrogen (secondary N) is 1. The van der Waals surface area contributed by atoms with Gasteiger partial charge in [0.25, 0.3) is 0 Å². The molecule has 94 valence electrons. The number of rotatable bonds is 5. The largest absolute Gasteiger partial charge is 0.241 e. The Kier molecular flexibility index (Phi) is 4.13. The Hall–Kier alpha value is -0.100. The molecule has 0 heterocycles. The van der Waals surface area contributed by atoms with E-state index in [9.17, 15) is 8.42 Å². The summed E-state index contributed by atoms with van der Waals surface area (Å²) in [6.07, 6.45) is 2.20. The van der Waals surface area contributed by atoms with E-state index in [4.69, 9.17) is 11.6 Å². The van der Waals surface area contributed by atoms with Crippen LogP contribution in [0.2, 0.25) is 0 Å². The first-order valence-electron chi connectivity index (χ1n) is 5.39. The third kappa shape index (κ3) is 3.44. The molecule has 0 amide bonds. The Morgan fingerprint density at radius 1 is 1.41 bits per heavy atom. The zero-order valence-corrected chi connectivity index (χ0v) is 12.2. The van der Waals surface area contributed by atoms with Crippen molar-refractivity contribution in [2.75, 3.05) is 6.54 Å². The van der Waals surface area contributed by atoms with Gasteiger partial charge in [-0.1, -0.05) is 12.1 Å². The van der Waals surface area contributed by atoms with Crippen LogP contribution in [0.5, 0.6) is 0 Å². The first-order valence-corrected chi connectivity index (χ1v) is 8.10. The van der Waals surface area contributed by atoms with Gasteiger partial charge >= 0.3 is 0 Å². The number of sulfonamides is 1. The lowest BCUT2D eigenvalue weighted by Crippen LogP contribution is -2.30. The molecule has 1 aromatic carbocycles. The van der Waals surface area contributed by atoms with Crippen molar-refractivity contribution in [3.8, 4) is 0 Å². The first kappa shape index (κ1) is 13.3. The molecule has 1 atom stereocenters. The quantitative estimate of drug-likeness (QED) is 0.839. The molecule has 2 rings (SSSR count). The van der Waals surface area contributed by atoms with Crippen LogP contribution in [-0.4, -0.2) is 20.3 Å². The van der Waals surface area contributed by atoms with Crippen molar-refractivity contribution in [2.24, 2.45) is 5.92 Å². The van der Waals surface area contributed by atoms with Gasteiger partial charge in [0.1, 0.15) is 0 Å². The molecule has 17 heavy (non-hydrogen) atoms. The van der Waals surface area contributed by atoms with Crippen LogP contribution in [-0.2, 0) is 10.0 Å². The highest BCUT2D eigenvalue weighted by molar-refractivity contribution is 9.10. The predicted octanol–water partition coefficient (Wildman–Crippen LogP) is 2.74. The highest BCUT2D eigenvalue weighted by Gasteiger charge is 2.30. The summed E-state index contributed by atoms with van der Waals surface area (Å²) in [6, 6.07) is 6.73. The Bertz CT molecular complexity index is 502. The fourth-order valence-electron chi connectivity index (χ4n) is 1.55. The minimum absolute atomic E-state index is 0.104. The van der Waals surface area contributed by atoms with Gasteiger partial charge in [0.15, 0.2) is 0 Å². The van der Waals surface area contributed by atoms with Gasteiger partial charge in [-0.2, -0.15) is 0 Å². The SMILES string of the molecule is O=S(=O)(NCC(Cl)C1CC1)c1ccccc1Br. The molecule has 1 unspecified atom stereocenters. The van der Waals surface area contributed by atoms with Crippen molar-refractivity contribution in [3.63, 3.8) is 0 Å². The standard InChI is InChI=1S/C11H13BrClNO2S/c12-9-3-1-2-4-11(9)17(15,16)14-7-10(13)8-5-6-8/h1-4,8,10,14H,5-7H2. The Labute approximate surface area is 115 Å². The zero-order chi connectivity index (χ0) is 12.5. The molecule has 1 N–H and O–H groups in total. The molecule has 1 fully saturated rings. The van der Waals surface area contributed by atoms with Crippen molar-refractivity contribution in [2.45, 2.75) is 23.1 Å². The fraction of sp³-hybridized carbons (Fsp3) is 0.455. The predicted molar refractivity (Wildman–Crippen MR) is 71.7 cm³/mol. The Morgan fingerprint density at radius 2 is 2.06 bits per heavy atom. The van der Waals surface area contributed by atoms with Crippen LogP contribution in [0.3, 0.4) is 0 Å². The zero-order valence-electron chi connectivity index (χ0n) is 9.07. The lowest BCUT2D eigenvalue weighted by Gasteiger charge is -2.11. The summed E-state index contributed by atoms with van der Waals surface area (Å²) in [6.45, 7) is 0.288. The molecule has 0 saturated heterocycles. The van der Waals surface area contributed by atoms with Crippen LogP contribution in [0.25, 0.3) is 0 Å². The molecule has 1 saturated carbocycles. The van der Waals surface area contributed by atoms with Gasteiger partial charge in [-0.05, 0) is 46.8 Å². The topological polar surface area (TPSA) is 46.2 Å². The van der Waals surface area contributed by atoms with Crippen LogP contribution in [0.15, 0.2) is 33.6 Å². The first-order chi connectivity index (χ1) is 8.00. The minimum atomic E-state index is -3.47. The fourth-order valence-corrected chi connectivity index (χ4v) is 4.04. The number of benzene rings is 1. The summed E-state index contributed by atoms with van der Waals surface area (Å²) in [4.78, 5) is 0.250. The highest BCUT2D eigenvalue weighted by Crippen LogP contribution is 2.35. The van der Waals surface area contributed by atoms with Gasteiger partial charge in [-0.15, -0.1) is 11.6 Å². The molecule has 0 radical (unpaired) electrons. The molecule has 1 aromatic rings. The second-order valence-electron chi connectivity index (χ2n) is 4.14. The molecule has 6 heteroatoms. The molecule has 1 aliphatic rings. The monoisotopic (exact) mass is 337 g/mol. The van der Waals surface area contributed by atoms with E-state index < -0.39 is 10.0 Å². The van der Waals surface area contributed by atoms with Gasteiger partial charge in [0, 0.05) is 16.4 Å². The summed E-state index contributed by atoms with van der Waals surface area (Å²) in [5.74, 6) is 0.471. The summed E-state index contributed by atoms with van der Waals surface area (Å²) in [7, 11) is -3.47. The van der Waals surface area contributed by atoms with E-state index in [1.54, 1.807) is 24.3 Å². The van der Waals surface area contributed by atoms with Crippen LogP contribution in [0, 0.1) is 5.92 Å². The summed E-state index contributed by atoms with van der Waals surface area (Å²) in [5, 5.41) is -0.104. The van der Waals surface area contributed by atoms with E-state index in [1.807, 2.05) is 0 Å². The van der Waals surface area contributed by atoms with Gasteiger partial charge in [0.2, 0.25) is 10.0 Å². The summed E-state index contributed by atoms with van der Waals surface area (Å²) >= 11 is 9.30. The second kappa shape index (κ2) is 5.26. The lowest BCUT2D eigenvalue weighted by atomic mass is 10.3. The Balaban J connectivity index is 2.05. The average Bonchev–Trinajstić information content (AvgIpc) is 3.10. The normalized spacial score (nSPS) is 18.0. The van der Waals surface area contributed by atoms with Crippen LogP contribution in [0.4, 0.5) is 0 Å². The van der Waals surface area contributed by atoms with Crippen molar-refractivity contribution < 1.29 is 8.42 Å². The molecule has 0 bridgehead atoms. The van der Waals surface area contributed by atoms with Gasteiger partial charge in [-0.25, -0.2) is 13.1 Å². The van der Waals surface area contributed by atoms with Crippen molar-refractivity contribution >= 4 is 37.6 Å². The van der Waals surface area contributed by atoms with E-state index in [-0.39, 0.29) is 16.8 Å². The molecular formula is C11H13BrClNO2S. The van der Waals surface area contributed by atoms with E-state index >= 15 is 0 Å². The second-order valence-corrected chi connectivity index (χ2v) is 7.29. The summed E-state index contributed by atoms with van der Waals surface area (Å²) < 4.78 is 27.1. The molecule has 0 spiro atoms. The van der Waals surface area contributed by atoms with E-state index in [0.29, 0.717) is 10.4 Å². The lowest BCUT2D eigenvalue weighted by molar-refractivity contribution is 0.576. The number of hydrogen-bond acceptors (Lipinski definition) is 2. The van der Waals surface area contributed by atoms with E-state index in [2.05, 4.69) is 20.7 Å². The van der Waals surface area contributed by atoms with Crippen molar-refractivity contribution in [1.29, 1.82) is 0 Å². The average molecular weight is 339 g/mol. The van der Waals surface area contributed by atoms with Crippen LogP contribution in [0.1, 0.15) is 12.8 Å². The smallest absolute Gasteiger partial charge is 0.210 e. The maximum absolute atomic E-state index is 12.0. The highest BCUT2D eigenvalue weighted by atomic mass is 79.9. The van der Waals surface area contributed by atoms with Gasteiger partial charge < -0.3 is 0 Å². The molecule has 0 aromatic heterocycles. The van der Waals surface area contributed by atoms with Gasteiger partial charge in [0.05, 0.1) is 4.90 Å². The molecule has 3 nitrogen and oxygen atoms in total. The Morgan fingerprint density at radius 3 is 2.65 bits per heavy atom. The molecule has 0 aliphatic heterocycles. The van der Waals surface area contributed by atoms with Crippen molar-refractivity contribution in [1.82, 2.24) is 4.72 Å². The number of hydrogen-bond donors (Lipinski definition) is 1. The maximum Gasteiger partial charge on any atom is 0.241 e. The number of halogens is 2. The van der Waals surface area contributed by atoms with Crippen molar-refractivity contribution in [3.05, 3.63) is 28.7 Å². The minimum Gasteiger partial charge on any atom is -0.210 e. The maximum atomic E-state index is 12.0. The number of alkyl halides is 1. The molecular weight excluding hydrogens is 326 g/mol. The van der Waals surface area contributed by atoms with Crippen LogP contribution >= 0.6 is 27.5 Å². The summed E-state index contributed by atoms with van der Waals surface area (Å²) in [5.41, 5.74) is 0. The van der Waals surface area contributed by atoms with E-state index in [1.165, 1.54) is 0 Å². The van der Waals surface area contributed by atoms with E-state index in [0.717, 1.165) is 12.8 Å².